The van der Waals surface area contributed by atoms with Crippen LogP contribution in [0.1, 0.15) is 105 Å². The van der Waals surface area contributed by atoms with Gasteiger partial charge in [0.15, 0.2) is 0 Å². The van der Waals surface area contributed by atoms with Gasteiger partial charge in [-0.2, -0.15) is 0 Å². The highest BCUT2D eigenvalue weighted by molar-refractivity contribution is 7.16. The van der Waals surface area contributed by atoms with E-state index in [1.807, 2.05) is 30.3 Å². The Balaban J connectivity index is 0.000000866. The SMILES string of the molecule is C1CCC1.CCCCCCCCCCc1cc(C(=O)O)c(NC(=O)OCc2ccccc2)s1. The van der Waals surface area contributed by atoms with Gasteiger partial charge in [-0.1, -0.05) is 108 Å². The Hall–Kier alpha value is -2.34. The van der Waals surface area contributed by atoms with Crippen molar-refractivity contribution in [3.05, 3.63) is 52.4 Å². The molecular weight excluding hydrogens is 434 g/mol. The number of carbonyl (C=O) groups is 2. The number of rotatable bonds is 13. The van der Waals surface area contributed by atoms with E-state index < -0.39 is 12.1 Å². The summed E-state index contributed by atoms with van der Waals surface area (Å²) >= 11 is 1.32. The van der Waals surface area contributed by atoms with Gasteiger partial charge in [0.2, 0.25) is 0 Å². The number of anilines is 1. The number of thiophene rings is 1. The maximum Gasteiger partial charge on any atom is 0.412 e. The number of nitrogens with one attached hydrogen (secondary N) is 1. The summed E-state index contributed by atoms with van der Waals surface area (Å²) in [7, 11) is 0. The van der Waals surface area contributed by atoms with Gasteiger partial charge in [-0.05, 0) is 24.5 Å². The number of carboxylic acids is 1. The average Bonchev–Trinajstić information content (AvgIpc) is 3.16. The minimum Gasteiger partial charge on any atom is -0.478 e. The lowest BCUT2D eigenvalue weighted by Gasteiger charge is -2.06. The summed E-state index contributed by atoms with van der Waals surface area (Å²) in [6, 6.07) is 11.0. The summed E-state index contributed by atoms with van der Waals surface area (Å²) in [5.41, 5.74) is 1.00. The molecule has 1 aliphatic rings. The summed E-state index contributed by atoms with van der Waals surface area (Å²) in [4.78, 5) is 24.5. The van der Waals surface area contributed by atoms with Crippen molar-refractivity contribution < 1.29 is 19.4 Å². The first kappa shape index (κ1) is 26.9. The van der Waals surface area contributed by atoms with Gasteiger partial charge < -0.3 is 9.84 Å². The first-order chi connectivity index (χ1) is 16.1. The van der Waals surface area contributed by atoms with E-state index in [1.165, 1.54) is 75.5 Å². The Bertz CT molecular complexity index is 811. The van der Waals surface area contributed by atoms with Gasteiger partial charge in [0, 0.05) is 4.88 Å². The molecule has 0 atom stereocenters. The first-order valence-corrected chi connectivity index (χ1v) is 13.3. The molecule has 0 radical (unpaired) electrons. The third kappa shape index (κ3) is 11.4. The van der Waals surface area contributed by atoms with Crippen LogP contribution < -0.4 is 5.32 Å². The minimum absolute atomic E-state index is 0.126. The average molecular weight is 474 g/mol. The zero-order valence-corrected chi connectivity index (χ0v) is 20.8. The molecular formula is C27H39NO4S. The van der Waals surface area contributed by atoms with Crippen LogP contribution in [0, 0.1) is 0 Å². The number of amides is 1. The molecule has 182 valence electrons. The quantitative estimate of drug-likeness (QED) is 0.286. The van der Waals surface area contributed by atoms with Gasteiger partial charge in [-0.25, -0.2) is 9.59 Å². The molecule has 1 aromatic carbocycles. The van der Waals surface area contributed by atoms with E-state index in [9.17, 15) is 14.7 Å². The Kier molecular flexibility index (Phi) is 13.3. The Morgan fingerprint density at radius 3 is 2.12 bits per heavy atom. The number of benzene rings is 1. The van der Waals surface area contributed by atoms with Crippen LogP contribution >= 0.6 is 11.3 Å². The van der Waals surface area contributed by atoms with Crippen molar-refractivity contribution in [3.8, 4) is 0 Å². The lowest BCUT2D eigenvalue weighted by molar-refractivity contribution is 0.0698. The maximum absolute atomic E-state index is 12.1. The molecule has 0 bridgehead atoms. The molecule has 0 spiro atoms. The summed E-state index contributed by atoms with van der Waals surface area (Å²) < 4.78 is 5.19. The fourth-order valence-electron chi connectivity index (χ4n) is 3.35. The monoisotopic (exact) mass is 473 g/mol. The van der Waals surface area contributed by atoms with Crippen molar-refractivity contribution in [3.63, 3.8) is 0 Å². The number of ether oxygens (including phenoxy) is 1. The smallest absolute Gasteiger partial charge is 0.412 e. The number of hydrogen-bond acceptors (Lipinski definition) is 4. The number of carboxylic acid groups (broad SMARTS) is 1. The predicted molar refractivity (Wildman–Crippen MR) is 136 cm³/mol. The number of carbonyl (C=O) groups excluding carboxylic acids is 1. The molecule has 6 heteroatoms. The molecule has 2 aromatic rings. The lowest BCUT2D eigenvalue weighted by Crippen LogP contribution is -2.14. The van der Waals surface area contributed by atoms with Gasteiger partial charge in [0.1, 0.15) is 11.6 Å². The van der Waals surface area contributed by atoms with E-state index in [-0.39, 0.29) is 12.2 Å². The van der Waals surface area contributed by atoms with Gasteiger partial charge in [0.25, 0.3) is 0 Å². The fourth-order valence-corrected chi connectivity index (χ4v) is 4.43. The van der Waals surface area contributed by atoms with Crippen LogP contribution in [0.4, 0.5) is 9.80 Å². The highest BCUT2D eigenvalue weighted by atomic mass is 32.1. The van der Waals surface area contributed by atoms with Crippen LogP contribution in [0.25, 0.3) is 0 Å². The zero-order valence-electron chi connectivity index (χ0n) is 19.9. The number of unbranched alkanes of at least 4 members (excludes halogenated alkanes) is 7. The normalized spacial score (nSPS) is 12.3. The Labute approximate surface area is 202 Å². The molecule has 5 nitrogen and oxygen atoms in total. The van der Waals surface area contributed by atoms with Crippen LogP contribution in [0.5, 0.6) is 0 Å². The van der Waals surface area contributed by atoms with Crippen molar-refractivity contribution in [2.45, 2.75) is 97.0 Å². The fraction of sp³-hybridized carbons (Fsp3) is 0.556. The van der Waals surface area contributed by atoms with Crippen molar-refractivity contribution in [2.75, 3.05) is 5.32 Å². The van der Waals surface area contributed by atoms with Crippen molar-refractivity contribution in [1.29, 1.82) is 0 Å². The van der Waals surface area contributed by atoms with Crippen LogP contribution in [0.3, 0.4) is 0 Å². The van der Waals surface area contributed by atoms with Crippen LogP contribution in [-0.4, -0.2) is 17.2 Å². The largest absolute Gasteiger partial charge is 0.478 e. The summed E-state index contributed by atoms with van der Waals surface area (Å²) in [5, 5.41) is 12.4. The zero-order chi connectivity index (χ0) is 23.7. The highest BCUT2D eigenvalue weighted by Crippen LogP contribution is 2.30. The second-order valence-electron chi connectivity index (χ2n) is 8.59. The van der Waals surface area contributed by atoms with Crippen molar-refractivity contribution in [2.24, 2.45) is 0 Å². The van der Waals surface area contributed by atoms with Gasteiger partial charge in [0.05, 0.1) is 5.56 Å². The van der Waals surface area contributed by atoms with Crippen LogP contribution in [-0.2, 0) is 17.8 Å². The molecule has 33 heavy (non-hydrogen) atoms. The standard InChI is InChI=1S/C23H31NO4S.C4H8/c1-2-3-4-5-6-7-8-12-15-19-16-20(22(25)26)21(29-19)24-23(27)28-17-18-13-10-9-11-14-18;1-2-4-3-1/h9-11,13-14,16H,2-8,12,15,17H2,1H3,(H,24,27)(H,25,26);1-4H2. The molecule has 0 saturated heterocycles. The first-order valence-electron chi connectivity index (χ1n) is 12.4. The predicted octanol–water partition coefficient (Wildman–Crippen LogP) is 8.44. The Morgan fingerprint density at radius 1 is 0.939 bits per heavy atom. The third-order valence-corrected chi connectivity index (χ3v) is 6.83. The van der Waals surface area contributed by atoms with Crippen molar-refractivity contribution >= 4 is 28.4 Å². The maximum atomic E-state index is 12.1. The molecule has 3 rings (SSSR count). The molecule has 1 saturated carbocycles. The van der Waals surface area contributed by atoms with Crippen molar-refractivity contribution in [1.82, 2.24) is 0 Å². The van der Waals surface area contributed by atoms with Crippen LogP contribution in [0.15, 0.2) is 36.4 Å². The van der Waals surface area contributed by atoms with E-state index in [2.05, 4.69) is 12.2 Å². The molecule has 0 unspecified atom stereocenters. The summed E-state index contributed by atoms with van der Waals surface area (Å²) in [6.45, 7) is 2.37. The molecule has 1 heterocycles. The Morgan fingerprint density at radius 2 is 1.55 bits per heavy atom. The number of hydrogen-bond donors (Lipinski definition) is 2. The van der Waals surface area contributed by atoms with E-state index in [0.717, 1.165) is 29.7 Å². The van der Waals surface area contributed by atoms with E-state index in [0.29, 0.717) is 5.00 Å². The topological polar surface area (TPSA) is 75.6 Å². The van der Waals surface area contributed by atoms with E-state index >= 15 is 0 Å². The molecule has 2 N–H and O–H groups in total. The van der Waals surface area contributed by atoms with Gasteiger partial charge in [-0.15, -0.1) is 11.3 Å². The summed E-state index contributed by atoms with van der Waals surface area (Å²) in [5.74, 6) is -1.04. The van der Waals surface area contributed by atoms with E-state index in [4.69, 9.17) is 4.74 Å². The molecule has 1 amide bonds. The number of aromatic carboxylic acids is 1. The number of aryl methyl sites for hydroxylation is 1. The van der Waals surface area contributed by atoms with Gasteiger partial charge >= 0.3 is 12.1 Å². The molecule has 1 fully saturated rings. The summed E-state index contributed by atoms with van der Waals surface area (Å²) in [6.07, 6.45) is 16.1. The molecule has 1 aromatic heterocycles. The van der Waals surface area contributed by atoms with Gasteiger partial charge in [-0.3, -0.25) is 5.32 Å². The van der Waals surface area contributed by atoms with Crippen LogP contribution in [0.2, 0.25) is 0 Å². The van der Waals surface area contributed by atoms with E-state index in [1.54, 1.807) is 6.07 Å². The molecule has 0 aliphatic heterocycles. The minimum atomic E-state index is -1.04. The second kappa shape index (κ2) is 16.3. The lowest BCUT2D eigenvalue weighted by atomic mass is 10.0. The second-order valence-corrected chi connectivity index (χ2v) is 9.72. The highest BCUT2D eigenvalue weighted by Gasteiger charge is 2.17. The third-order valence-electron chi connectivity index (χ3n) is 5.72. The molecule has 1 aliphatic carbocycles.